The number of nitrogens with one attached hydrogen (secondary N) is 1. The maximum absolute atomic E-state index is 5.68. The average Bonchev–Trinajstić information content (AvgIpc) is 2.49. The number of nitrogen functional groups attached to an aromatic ring is 1. The Kier molecular flexibility index (Phi) is 1.62. The lowest BCUT2D eigenvalue weighted by Gasteiger charge is -2.03. The molecular weight excluding hydrogens is 172 g/mol. The van der Waals surface area contributed by atoms with Crippen LogP contribution in [0.25, 0.3) is 0 Å². The van der Waals surface area contributed by atoms with Crippen molar-refractivity contribution >= 4 is 29.0 Å². The first-order chi connectivity index (χ1) is 5.81. The van der Waals surface area contributed by atoms with Gasteiger partial charge in [0, 0.05) is 5.37 Å². The Morgan fingerprint density at radius 2 is 2.42 bits per heavy atom. The van der Waals surface area contributed by atoms with E-state index < -0.39 is 0 Å². The highest BCUT2D eigenvalue weighted by atomic mass is 32.1. The summed E-state index contributed by atoms with van der Waals surface area (Å²) in [6.07, 6.45) is -0.223. The fourth-order valence-electron chi connectivity index (χ4n) is 1.17. The van der Waals surface area contributed by atoms with Crippen molar-refractivity contribution in [1.29, 1.82) is 0 Å². The summed E-state index contributed by atoms with van der Waals surface area (Å²) in [5, 5.41) is 4.59. The van der Waals surface area contributed by atoms with Gasteiger partial charge in [-0.05, 0) is 12.1 Å². The van der Waals surface area contributed by atoms with Crippen molar-refractivity contribution < 1.29 is 4.74 Å². The molecule has 0 saturated heterocycles. The van der Waals surface area contributed by atoms with Crippen LogP contribution in [-0.4, -0.2) is 11.6 Å². The van der Waals surface area contributed by atoms with E-state index in [9.17, 15) is 0 Å². The number of hydrogen-bond donors (Lipinski definition) is 2. The van der Waals surface area contributed by atoms with E-state index in [-0.39, 0.29) is 6.23 Å². The topological polar surface area (TPSA) is 47.3 Å². The predicted molar refractivity (Wildman–Crippen MR) is 52.5 cm³/mol. The molecule has 4 heteroatoms. The van der Waals surface area contributed by atoms with E-state index >= 15 is 0 Å². The Morgan fingerprint density at radius 3 is 3.08 bits per heavy atom. The van der Waals surface area contributed by atoms with Crippen molar-refractivity contribution in [2.24, 2.45) is 0 Å². The van der Waals surface area contributed by atoms with Crippen LogP contribution in [-0.2, 0) is 0 Å². The molecule has 1 aromatic carbocycles. The fourth-order valence-corrected chi connectivity index (χ4v) is 1.30. The van der Waals surface area contributed by atoms with Gasteiger partial charge in [-0.25, -0.2) is 0 Å². The van der Waals surface area contributed by atoms with Crippen molar-refractivity contribution in [2.45, 2.75) is 6.23 Å². The smallest absolute Gasteiger partial charge is 0.200 e. The van der Waals surface area contributed by atoms with Crippen LogP contribution >= 0.6 is 12.2 Å². The Balaban J connectivity index is 2.41. The molecule has 1 aliphatic rings. The number of hydrogen-bond acceptors (Lipinski definition) is 4. The fraction of sp³-hybridized carbons (Fsp3) is 0.125. The van der Waals surface area contributed by atoms with E-state index in [1.54, 1.807) is 6.07 Å². The molecule has 1 heterocycles. The van der Waals surface area contributed by atoms with E-state index in [1.165, 1.54) is 5.37 Å². The Morgan fingerprint density at radius 1 is 1.58 bits per heavy atom. The van der Waals surface area contributed by atoms with Crippen LogP contribution in [0.1, 0.15) is 0 Å². The molecule has 12 heavy (non-hydrogen) atoms. The van der Waals surface area contributed by atoms with Crippen molar-refractivity contribution in [2.75, 3.05) is 11.1 Å². The normalized spacial score (nSPS) is 19.2. The first kappa shape index (κ1) is 7.36. The molecule has 0 fully saturated rings. The summed E-state index contributed by atoms with van der Waals surface area (Å²) in [7, 11) is 0. The minimum Gasteiger partial charge on any atom is -0.462 e. The number of nitrogens with two attached hydrogens (primary N) is 1. The number of ether oxygens (including phenoxy) is 1. The van der Waals surface area contributed by atoms with E-state index in [2.05, 4.69) is 5.32 Å². The summed E-state index contributed by atoms with van der Waals surface area (Å²) >= 11 is 4.75. The highest BCUT2D eigenvalue weighted by molar-refractivity contribution is 7.79. The minimum absolute atomic E-state index is 0.223. The summed E-state index contributed by atoms with van der Waals surface area (Å²) in [5.74, 6) is 0.698. The zero-order chi connectivity index (χ0) is 8.55. The first-order valence-corrected chi connectivity index (χ1v) is 4.05. The van der Waals surface area contributed by atoms with Crippen LogP contribution in [0.2, 0.25) is 0 Å². The number of benzene rings is 1. The molecule has 3 nitrogen and oxygen atoms in total. The Labute approximate surface area is 75.5 Å². The van der Waals surface area contributed by atoms with Crippen LogP contribution in [0, 0.1) is 0 Å². The van der Waals surface area contributed by atoms with Gasteiger partial charge in [-0.15, -0.1) is 0 Å². The number of fused-ring (bicyclic) bond motifs is 1. The lowest BCUT2D eigenvalue weighted by molar-refractivity contribution is 0.328. The average molecular weight is 180 g/mol. The summed E-state index contributed by atoms with van der Waals surface area (Å²) in [6.45, 7) is 0. The molecule has 0 saturated carbocycles. The maximum Gasteiger partial charge on any atom is 0.200 e. The van der Waals surface area contributed by atoms with Gasteiger partial charge in [0.15, 0.2) is 12.0 Å². The third-order valence-corrected chi connectivity index (χ3v) is 1.96. The largest absolute Gasteiger partial charge is 0.462 e. The van der Waals surface area contributed by atoms with Gasteiger partial charge >= 0.3 is 0 Å². The lowest BCUT2D eigenvalue weighted by Crippen LogP contribution is -2.20. The van der Waals surface area contributed by atoms with Crippen LogP contribution in [0.5, 0.6) is 5.75 Å². The number of thiocarbonyl (C=S) groups is 1. The molecule has 0 aromatic heterocycles. The van der Waals surface area contributed by atoms with E-state index in [0.29, 0.717) is 11.4 Å². The molecule has 1 aliphatic heterocycles. The van der Waals surface area contributed by atoms with Gasteiger partial charge in [0.05, 0.1) is 11.4 Å². The molecule has 0 bridgehead atoms. The zero-order valence-corrected chi connectivity index (χ0v) is 7.10. The van der Waals surface area contributed by atoms with Crippen molar-refractivity contribution in [3.05, 3.63) is 18.2 Å². The van der Waals surface area contributed by atoms with Crippen LogP contribution in [0.3, 0.4) is 0 Å². The Bertz CT molecular complexity index is 327. The van der Waals surface area contributed by atoms with Gasteiger partial charge in [-0.1, -0.05) is 18.3 Å². The van der Waals surface area contributed by atoms with Crippen molar-refractivity contribution in [3.63, 3.8) is 0 Å². The van der Waals surface area contributed by atoms with Gasteiger partial charge in [0.1, 0.15) is 0 Å². The highest BCUT2D eigenvalue weighted by Gasteiger charge is 2.20. The predicted octanol–water partition coefficient (Wildman–Crippen LogP) is 1.40. The quantitative estimate of drug-likeness (QED) is 0.506. The van der Waals surface area contributed by atoms with E-state index in [0.717, 1.165) is 5.69 Å². The molecule has 1 atom stereocenters. The third-order valence-electron chi connectivity index (χ3n) is 1.71. The van der Waals surface area contributed by atoms with E-state index in [4.69, 9.17) is 22.7 Å². The molecule has 2 rings (SSSR count). The SMILES string of the molecule is Nc1cccc2c1OC(C=S)N2. The first-order valence-electron chi connectivity index (χ1n) is 3.58. The van der Waals surface area contributed by atoms with Gasteiger partial charge < -0.3 is 15.8 Å². The molecule has 0 amide bonds. The minimum atomic E-state index is -0.223. The summed E-state index contributed by atoms with van der Waals surface area (Å²) < 4.78 is 5.39. The van der Waals surface area contributed by atoms with Crippen molar-refractivity contribution in [1.82, 2.24) is 0 Å². The molecule has 3 N–H and O–H groups in total. The molecule has 0 spiro atoms. The standard InChI is InChI=1S/C8H8N2OS/c9-5-2-1-3-6-8(5)11-7(4-12)10-6/h1-4,7,10H,9H2. The monoisotopic (exact) mass is 180 g/mol. The number of para-hydroxylation sites is 1. The molecule has 1 aromatic rings. The molecule has 1 unspecified atom stereocenters. The number of rotatable bonds is 1. The van der Waals surface area contributed by atoms with Gasteiger partial charge in [-0.3, -0.25) is 0 Å². The second-order valence-corrected chi connectivity index (χ2v) is 2.81. The second-order valence-electron chi connectivity index (χ2n) is 2.54. The number of anilines is 2. The van der Waals surface area contributed by atoms with E-state index in [1.807, 2.05) is 12.1 Å². The molecule has 0 radical (unpaired) electrons. The second kappa shape index (κ2) is 2.64. The van der Waals surface area contributed by atoms with Crippen LogP contribution in [0.15, 0.2) is 18.2 Å². The Hall–Kier alpha value is -1.29. The summed E-state index contributed by atoms with van der Waals surface area (Å²) in [5.41, 5.74) is 7.22. The maximum atomic E-state index is 5.68. The van der Waals surface area contributed by atoms with Gasteiger partial charge in [0.2, 0.25) is 0 Å². The van der Waals surface area contributed by atoms with Crippen LogP contribution < -0.4 is 15.8 Å². The third kappa shape index (κ3) is 1.00. The lowest BCUT2D eigenvalue weighted by atomic mass is 10.2. The van der Waals surface area contributed by atoms with Gasteiger partial charge in [0.25, 0.3) is 0 Å². The summed E-state index contributed by atoms with van der Waals surface area (Å²) in [4.78, 5) is 0. The van der Waals surface area contributed by atoms with Crippen LogP contribution in [0.4, 0.5) is 11.4 Å². The highest BCUT2D eigenvalue weighted by Crippen LogP contribution is 2.36. The van der Waals surface area contributed by atoms with Gasteiger partial charge in [-0.2, -0.15) is 0 Å². The molecule has 0 aliphatic carbocycles. The molecular formula is C8H8N2OS. The zero-order valence-electron chi connectivity index (χ0n) is 6.28. The van der Waals surface area contributed by atoms with Crippen molar-refractivity contribution in [3.8, 4) is 5.75 Å². The molecule has 62 valence electrons. The summed E-state index contributed by atoms with van der Waals surface area (Å²) in [6, 6.07) is 5.58.